The number of hydrogen-bond donors (Lipinski definition) is 1. The number of aryl methyl sites for hydroxylation is 2. The van der Waals surface area contributed by atoms with Crippen molar-refractivity contribution >= 4 is 15.9 Å². The molecule has 0 bridgehead atoms. The molecule has 5 nitrogen and oxygen atoms in total. The molecule has 1 aliphatic rings. The summed E-state index contributed by atoms with van der Waals surface area (Å²) in [6.45, 7) is 6.20. The second-order valence-corrected chi connectivity index (χ2v) is 8.84. The predicted octanol–water partition coefficient (Wildman–Crippen LogP) is 3.00. The third kappa shape index (κ3) is 5.22. The molecular formula is C18H25F3N2O3S. The van der Waals surface area contributed by atoms with Crippen LogP contribution in [0.15, 0.2) is 11.0 Å². The molecule has 2 rings (SSSR count). The highest BCUT2D eigenvalue weighted by Gasteiger charge is 2.35. The summed E-state index contributed by atoms with van der Waals surface area (Å²) in [6.07, 6.45) is -3.89. The fourth-order valence-electron chi connectivity index (χ4n) is 3.46. The molecule has 1 aromatic rings. The Morgan fingerprint density at radius 3 is 2.04 bits per heavy atom. The molecule has 1 N–H and O–H groups in total. The number of sulfonamides is 1. The van der Waals surface area contributed by atoms with Gasteiger partial charge in [-0.25, -0.2) is 13.1 Å². The molecule has 1 aromatic carbocycles. The Balaban J connectivity index is 2.11. The fraction of sp³-hybridized carbons (Fsp3) is 0.611. The van der Waals surface area contributed by atoms with Gasteiger partial charge in [-0.1, -0.05) is 6.07 Å². The van der Waals surface area contributed by atoms with E-state index in [1.807, 2.05) is 6.07 Å². The van der Waals surface area contributed by atoms with Gasteiger partial charge in [-0.3, -0.25) is 9.69 Å². The van der Waals surface area contributed by atoms with Crippen LogP contribution in [-0.4, -0.2) is 45.0 Å². The summed E-state index contributed by atoms with van der Waals surface area (Å²) in [6, 6.07) is 1.89. The number of carbonyl (C=O) groups excluding carboxylic acids is 1. The SMILES string of the molecule is Cc1cc(C)c(C)c(S(=O)(=O)NC(=O)C2CCN(CC(F)(F)F)CC2)c1C. The zero-order valence-electron chi connectivity index (χ0n) is 15.9. The minimum atomic E-state index is -4.28. The van der Waals surface area contributed by atoms with Crippen molar-refractivity contribution in [3.05, 3.63) is 28.3 Å². The predicted molar refractivity (Wildman–Crippen MR) is 95.9 cm³/mol. The maximum atomic E-state index is 12.8. The van der Waals surface area contributed by atoms with Gasteiger partial charge in [0.1, 0.15) is 0 Å². The zero-order chi connectivity index (χ0) is 20.6. The molecule has 0 aromatic heterocycles. The van der Waals surface area contributed by atoms with Crippen molar-refractivity contribution in [1.82, 2.24) is 9.62 Å². The Bertz CT molecular complexity index is 801. The number of amides is 1. The molecular weight excluding hydrogens is 381 g/mol. The summed E-state index contributed by atoms with van der Waals surface area (Å²) in [5, 5.41) is 0. The van der Waals surface area contributed by atoms with E-state index in [9.17, 15) is 26.4 Å². The van der Waals surface area contributed by atoms with Crippen molar-refractivity contribution in [2.24, 2.45) is 5.92 Å². The van der Waals surface area contributed by atoms with Crippen LogP contribution in [0.4, 0.5) is 13.2 Å². The molecule has 0 atom stereocenters. The molecule has 9 heteroatoms. The Labute approximate surface area is 158 Å². The van der Waals surface area contributed by atoms with Crippen molar-refractivity contribution in [3.63, 3.8) is 0 Å². The number of nitrogens with zero attached hydrogens (tertiary/aromatic N) is 1. The Kier molecular flexibility index (Phi) is 6.26. The van der Waals surface area contributed by atoms with E-state index in [4.69, 9.17) is 0 Å². The van der Waals surface area contributed by atoms with Crippen LogP contribution in [0.5, 0.6) is 0 Å². The first-order chi connectivity index (χ1) is 12.3. The maximum Gasteiger partial charge on any atom is 0.401 e. The van der Waals surface area contributed by atoms with Gasteiger partial charge in [-0.05, 0) is 75.9 Å². The number of halogens is 3. The molecule has 1 fully saturated rings. The lowest BCUT2D eigenvalue weighted by Crippen LogP contribution is -2.45. The van der Waals surface area contributed by atoms with Gasteiger partial charge in [0.2, 0.25) is 5.91 Å². The molecule has 152 valence electrons. The van der Waals surface area contributed by atoms with Crippen LogP contribution in [-0.2, 0) is 14.8 Å². The second-order valence-electron chi connectivity index (χ2n) is 7.22. The number of benzene rings is 1. The van der Waals surface area contributed by atoms with Crippen molar-refractivity contribution in [2.45, 2.75) is 51.6 Å². The number of nitrogens with one attached hydrogen (secondary N) is 1. The van der Waals surface area contributed by atoms with Gasteiger partial charge in [-0.2, -0.15) is 13.2 Å². The molecule has 0 spiro atoms. The minimum Gasteiger partial charge on any atom is -0.295 e. The summed E-state index contributed by atoms with van der Waals surface area (Å²) in [5.74, 6) is -1.27. The molecule has 1 aliphatic heterocycles. The van der Waals surface area contributed by atoms with E-state index in [1.54, 1.807) is 27.7 Å². The van der Waals surface area contributed by atoms with E-state index in [-0.39, 0.29) is 30.8 Å². The first kappa shape index (κ1) is 21.7. The highest BCUT2D eigenvalue weighted by molar-refractivity contribution is 7.90. The van der Waals surface area contributed by atoms with Crippen LogP contribution in [0.1, 0.15) is 35.1 Å². The van der Waals surface area contributed by atoms with Crippen molar-refractivity contribution < 1.29 is 26.4 Å². The lowest BCUT2D eigenvalue weighted by molar-refractivity contribution is -0.149. The van der Waals surface area contributed by atoms with Crippen LogP contribution in [0.3, 0.4) is 0 Å². The minimum absolute atomic E-state index is 0.0999. The van der Waals surface area contributed by atoms with E-state index in [0.29, 0.717) is 11.1 Å². The molecule has 1 heterocycles. The molecule has 0 radical (unpaired) electrons. The summed E-state index contributed by atoms with van der Waals surface area (Å²) in [7, 11) is -4.05. The molecule has 0 aliphatic carbocycles. The molecule has 27 heavy (non-hydrogen) atoms. The average Bonchev–Trinajstić information content (AvgIpc) is 2.51. The van der Waals surface area contributed by atoms with E-state index in [2.05, 4.69) is 4.72 Å². The summed E-state index contributed by atoms with van der Waals surface area (Å²) >= 11 is 0. The smallest absolute Gasteiger partial charge is 0.295 e. The van der Waals surface area contributed by atoms with Crippen LogP contribution < -0.4 is 4.72 Å². The number of carbonyl (C=O) groups is 1. The zero-order valence-corrected chi connectivity index (χ0v) is 16.7. The number of alkyl halides is 3. The Morgan fingerprint density at radius 2 is 1.59 bits per heavy atom. The monoisotopic (exact) mass is 406 g/mol. The quantitative estimate of drug-likeness (QED) is 0.835. The van der Waals surface area contributed by atoms with Gasteiger partial charge in [-0.15, -0.1) is 0 Å². The largest absolute Gasteiger partial charge is 0.401 e. The third-order valence-electron chi connectivity index (χ3n) is 5.16. The van der Waals surface area contributed by atoms with Gasteiger partial charge in [0, 0.05) is 5.92 Å². The normalized spacial score (nSPS) is 17.1. The highest BCUT2D eigenvalue weighted by Crippen LogP contribution is 2.27. The summed E-state index contributed by atoms with van der Waals surface area (Å²) in [4.78, 5) is 13.8. The highest BCUT2D eigenvalue weighted by atomic mass is 32.2. The Hall–Kier alpha value is -1.61. The Morgan fingerprint density at radius 1 is 1.11 bits per heavy atom. The van der Waals surface area contributed by atoms with Crippen LogP contribution in [0.25, 0.3) is 0 Å². The van der Waals surface area contributed by atoms with Crippen molar-refractivity contribution in [3.8, 4) is 0 Å². The standard InChI is InChI=1S/C18H25F3N2O3S/c1-11-9-12(2)14(4)16(13(11)3)27(25,26)22-17(24)15-5-7-23(8-6-15)10-18(19,20)21/h9,15H,5-8,10H2,1-4H3,(H,22,24). The van der Waals surface area contributed by atoms with Gasteiger partial charge in [0.25, 0.3) is 10.0 Å². The van der Waals surface area contributed by atoms with Gasteiger partial charge < -0.3 is 0 Å². The summed E-state index contributed by atoms with van der Waals surface area (Å²) in [5.41, 5.74) is 2.79. The van der Waals surface area contributed by atoms with E-state index >= 15 is 0 Å². The van der Waals surface area contributed by atoms with E-state index in [1.165, 1.54) is 4.90 Å². The van der Waals surface area contributed by atoms with Gasteiger partial charge in [0.05, 0.1) is 11.4 Å². The topological polar surface area (TPSA) is 66.5 Å². The van der Waals surface area contributed by atoms with Crippen molar-refractivity contribution in [1.29, 1.82) is 0 Å². The summed E-state index contributed by atoms with van der Waals surface area (Å²) < 4.78 is 65.1. The first-order valence-electron chi connectivity index (χ1n) is 8.75. The van der Waals surface area contributed by atoms with Gasteiger partial charge in [0.15, 0.2) is 0 Å². The molecule has 1 amide bonds. The molecule has 1 saturated heterocycles. The third-order valence-corrected chi connectivity index (χ3v) is 6.78. The molecule has 0 unspecified atom stereocenters. The first-order valence-corrected chi connectivity index (χ1v) is 10.2. The van der Waals surface area contributed by atoms with E-state index in [0.717, 1.165) is 11.1 Å². The lowest BCUT2D eigenvalue weighted by Gasteiger charge is -2.31. The van der Waals surface area contributed by atoms with Gasteiger partial charge >= 0.3 is 6.18 Å². The van der Waals surface area contributed by atoms with Crippen molar-refractivity contribution in [2.75, 3.05) is 19.6 Å². The van der Waals surface area contributed by atoms with E-state index < -0.39 is 34.6 Å². The van der Waals surface area contributed by atoms with Crippen LogP contribution >= 0.6 is 0 Å². The number of piperidine rings is 1. The second kappa shape index (κ2) is 7.79. The number of hydrogen-bond acceptors (Lipinski definition) is 4. The number of likely N-dealkylation sites (tertiary alicyclic amines) is 1. The van der Waals surface area contributed by atoms with Crippen LogP contribution in [0.2, 0.25) is 0 Å². The maximum absolute atomic E-state index is 12.8. The lowest BCUT2D eigenvalue weighted by atomic mass is 9.96. The number of rotatable bonds is 4. The van der Waals surface area contributed by atoms with Crippen LogP contribution in [0, 0.1) is 33.6 Å². The fourth-order valence-corrected chi connectivity index (χ4v) is 5.12. The average molecular weight is 406 g/mol. The molecule has 0 saturated carbocycles.